The Morgan fingerprint density at radius 3 is 2.82 bits per heavy atom. The molecule has 1 nitrogen and oxygen atoms in total. The molecule has 0 spiro atoms. The highest BCUT2D eigenvalue weighted by atomic mass is 79.9. The first-order chi connectivity index (χ1) is 8.09. The van der Waals surface area contributed by atoms with Crippen LogP contribution in [0.3, 0.4) is 0 Å². The summed E-state index contributed by atoms with van der Waals surface area (Å²) < 4.78 is 2.04. The van der Waals surface area contributed by atoms with Crippen molar-refractivity contribution in [2.45, 2.75) is 13.3 Å². The summed E-state index contributed by atoms with van der Waals surface area (Å²) in [5.74, 6) is 0.605. The lowest BCUT2D eigenvalue weighted by atomic mass is 9.91. The second-order valence-corrected chi connectivity index (χ2v) is 6.25. The number of rotatable bonds is 0. The fraction of sp³-hybridized carbons (Fsp3) is 0.214. The van der Waals surface area contributed by atoms with Crippen molar-refractivity contribution < 1.29 is 4.79 Å². The number of fused-ring (bicyclic) bond motifs is 2. The minimum absolute atomic E-state index is 0.188. The first-order valence-electron chi connectivity index (χ1n) is 5.54. The molecule has 86 valence electrons. The quantitative estimate of drug-likeness (QED) is 0.659. The highest BCUT2D eigenvalue weighted by molar-refractivity contribution is 9.12. The van der Waals surface area contributed by atoms with Gasteiger partial charge >= 0.3 is 0 Å². The molecule has 0 heterocycles. The predicted octanol–water partition coefficient (Wildman–Crippen LogP) is 4.72. The third-order valence-corrected chi connectivity index (χ3v) is 4.60. The van der Waals surface area contributed by atoms with Gasteiger partial charge in [0, 0.05) is 31.2 Å². The Morgan fingerprint density at radius 1 is 1.29 bits per heavy atom. The Bertz CT molecular complexity index is 596. The van der Waals surface area contributed by atoms with Gasteiger partial charge in [0.2, 0.25) is 0 Å². The number of hydrogen-bond acceptors (Lipinski definition) is 1. The molecule has 2 aliphatic rings. The monoisotopic (exact) mass is 352 g/mol. The van der Waals surface area contributed by atoms with Gasteiger partial charge in [-0.2, -0.15) is 0 Å². The van der Waals surface area contributed by atoms with Crippen molar-refractivity contribution in [1.82, 2.24) is 0 Å². The molecule has 0 fully saturated rings. The van der Waals surface area contributed by atoms with Crippen molar-refractivity contribution in [1.29, 1.82) is 0 Å². The van der Waals surface area contributed by atoms with E-state index in [1.165, 1.54) is 0 Å². The lowest BCUT2D eigenvalue weighted by molar-refractivity contribution is 0.103. The Morgan fingerprint density at radius 2 is 2.06 bits per heavy atom. The number of hydrogen-bond donors (Lipinski definition) is 0. The molecule has 1 unspecified atom stereocenters. The van der Waals surface area contributed by atoms with Crippen LogP contribution in [0.1, 0.15) is 29.3 Å². The molecule has 0 N–H and O–H groups in total. The van der Waals surface area contributed by atoms with Gasteiger partial charge in [-0.15, -0.1) is 0 Å². The van der Waals surface area contributed by atoms with E-state index in [9.17, 15) is 4.79 Å². The van der Waals surface area contributed by atoms with Gasteiger partial charge in [-0.25, -0.2) is 0 Å². The van der Waals surface area contributed by atoms with E-state index in [0.717, 1.165) is 37.6 Å². The summed E-state index contributed by atoms with van der Waals surface area (Å²) >= 11 is 7.14. The summed E-state index contributed by atoms with van der Waals surface area (Å²) in [5.41, 5.74) is 3.90. The van der Waals surface area contributed by atoms with E-state index in [1.807, 2.05) is 18.2 Å². The summed E-state index contributed by atoms with van der Waals surface area (Å²) in [4.78, 5) is 12.3. The fourth-order valence-corrected chi connectivity index (χ4v) is 4.02. The Balaban J connectivity index is 2.29. The molecule has 0 aromatic heterocycles. The minimum Gasteiger partial charge on any atom is -0.289 e. The molecule has 17 heavy (non-hydrogen) atoms. The van der Waals surface area contributed by atoms with Crippen molar-refractivity contribution >= 4 is 43.2 Å². The average Bonchev–Trinajstić information content (AvgIpc) is 2.55. The third-order valence-electron chi connectivity index (χ3n) is 3.28. The molecular weight excluding hydrogens is 344 g/mol. The van der Waals surface area contributed by atoms with Crippen molar-refractivity contribution in [2.75, 3.05) is 0 Å². The minimum atomic E-state index is 0.188. The van der Waals surface area contributed by atoms with Crippen molar-refractivity contribution in [3.8, 4) is 0 Å². The predicted molar refractivity (Wildman–Crippen MR) is 76.2 cm³/mol. The van der Waals surface area contributed by atoms with Gasteiger partial charge < -0.3 is 0 Å². The van der Waals surface area contributed by atoms with Crippen LogP contribution in [0.4, 0.5) is 0 Å². The number of allylic oxidation sites excluding steroid dienone is 4. The molecular formula is C14H10Br2O. The normalized spacial score (nSPS) is 22.4. The summed E-state index contributed by atoms with van der Waals surface area (Å²) in [6.07, 6.45) is 3.02. The van der Waals surface area contributed by atoms with E-state index in [1.54, 1.807) is 0 Å². The van der Waals surface area contributed by atoms with Gasteiger partial charge in [0.15, 0.2) is 5.78 Å². The van der Waals surface area contributed by atoms with Crippen molar-refractivity contribution in [3.63, 3.8) is 0 Å². The van der Waals surface area contributed by atoms with Crippen LogP contribution in [0.5, 0.6) is 0 Å². The Kier molecular flexibility index (Phi) is 2.64. The first-order valence-corrected chi connectivity index (χ1v) is 7.12. The first kappa shape index (κ1) is 11.4. The molecule has 0 bridgehead atoms. The van der Waals surface area contributed by atoms with Crippen LogP contribution in [0.2, 0.25) is 0 Å². The average molecular weight is 354 g/mol. The number of ketones is 1. The van der Waals surface area contributed by atoms with E-state index in [2.05, 4.69) is 44.9 Å². The number of Topliss-reactive ketones (excluding diaryl/α,β-unsaturated/α-hetero) is 1. The summed E-state index contributed by atoms with van der Waals surface area (Å²) in [6.45, 7) is 2.14. The molecule has 1 aromatic rings. The molecule has 3 rings (SSSR count). The summed E-state index contributed by atoms with van der Waals surface area (Å²) in [7, 11) is 0. The highest BCUT2D eigenvalue weighted by Crippen LogP contribution is 2.47. The van der Waals surface area contributed by atoms with Crippen LogP contribution < -0.4 is 0 Å². The van der Waals surface area contributed by atoms with Gasteiger partial charge in [0.05, 0.1) is 0 Å². The van der Waals surface area contributed by atoms with E-state index >= 15 is 0 Å². The topological polar surface area (TPSA) is 17.1 Å². The van der Waals surface area contributed by atoms with Crippen LogP contribution >= 0.6 is 31.9 Å². The van der Waals surface area contributed by atoms with Crippen molar-refractivity contribution in [2.24, 2.45) is 5.92 Å². The van der Waals surface area contributed by atoms with Crippen LogP contribution in [-0.4, -0.2) is 5.78 Å². The molecule has 0 saturated carbocycles. The SMILES string of the molecule is CC1C=C(Br)C2=C(C1)C(=O)c1cccc(Br)c12. The van der Waals surface area contributed by atoms with Gasteiger partial charge in [-0.1, -0.05) is 57.0 Å². The zero-order chi connectivity index (χ0) is 12.2. The molecule has 3 heteroatoms. The standard InChI is InChI=1S/C14H10Br2O/c1-7-5-9-13(11(16)6-7)12-8(14(9)17)3-2-4-10(12)15/h2-4,6-7H,5H2,1H3. The third kappa shape index (κ3) is 1.59. The molecule has 0 amide bonds. The molecule has 2 aliphatic carbocycles. The molecule has 1 aromatic carbocycles. The maximum absolute atomic E-state index is 12.3. The second kappa shape index (κ2) is 3.92. The smallest absolute Gasteiger partial charge is 0.190 e. The van der Waals surface area contributed by atoms with Crippen LogP contribution in [0.25, 0.3) is 5.57 Å². The van der Waals surface area contributed by atoms with Crippen molar-refractivity contribution in [3.05, 3.63) is 49.9 Å². The molecule has 0 radical (unpaired) electrons. The lowest BCUT2D eigenvalue weighted by Crippen LogP contribution is -2.06. The number of halogens is 2. The Hall–Kier alpha value is -0.670. The highest BCUT2D eigenvalue weighted by Gasteiger charge is 2.34. The summed E-state index contributed by atoms with van der Waals surface area (Å²) in [6, 6.07) is 5.81. The fourth-order valence-electron chi connectivity index (χ4n) is 2.57. The van der Waals surface area contributed by atoms with E-state index < -0.39 is 0 Å². The number of carbonyl (C=O) groups is 1. The van der Waals surface area contributed by atoms with E-state index in [4.69, 9.17) is 0 Å². The van der Waals surface area contributed by atoms with Gasteiger partial charge in [-0.05, 0) is 18.4 Å². The van der Waals surface area contributed by atoms with E-state index in [-0.39, 0.29) is 5.78 Å². The van der Waals surface area contributed by atoms with Gasteiger partial charge in [0.25, 0.3) is 0 Å². The van der Waals surface area contributed by atoms with Crippen LogP contribution in [0.15, 0.2) is 38.8 Å². The number of benzene rings is 1. The largest absolute Gasteiger partial charge is 0.289 e. The van der Waals surface area contributed by atoms with E-state index in [0.29, 0.717) is 5.92 Å². The zero-order valence-electron chi connectivity index (χ0n) is 9.26. The number of carbonyl (C=O) groups excluding carboxylic acids is 1. The maximum atomic E-state index is 12.3. The van der Waals surface area contributed by atoms with Gasteiger partial charge in [0.1, 0.15) is 0 Å². The summed E-state index contributed by atoms with van der Waals surface area (Å²) in [5, 5.41) is 0. The van der Waals surface area contributed by atoms with Crippen LogP contribution in [0, 0.1) is 5.92 Å². The lowest BCUT2D eigenvalue weighted by Gasteiger charge is -2.17. The second-order valence-electron chi connectivity index (χ2n) is 4.54. The van der Waals surface area contributed by atoms with Crippen LogP contribution in [-0.2, 0) is 0 Å². The molecule has 1 atom stereocenters. The maximum Gasteiger partial charge on any atom is 0.190 e. The molecule has 0 aliphatic heterocycles. The molecule has 0 saturated heterocycles. The zero-order valence-corrected chi connectivity index (χ0v) is 12.4. The Labute approximate surface area is 117 Å². The van der Waals surface area contributed by atoms with Gasteiger partial charge in [-0.3, -0.25) is 4.79 Å².